The number of aromatic nitrogens is 2. The maximum absolute atomic E-state index is 14.3. The maximum atomic E-state index is 14.3. The van der Waals surface area contributed by atoms with E-state index in [9.17, 15) is 17.6 Å². The number of benzene rings is 1. The van der Waals surface area contributed by atoms with Gasteiger partial charge in [0.2, 0.25) is 5.95 Å². The predicted molar refractivity (Wildman–Crippen MR) is 102 cm³/mol. The van der Waals surface area contributed by atoms with Crippen LogP contribution in [0.5, 0.6) is 0 Å². The van der Waals surface area contributed by atoms with Crippen molar-refractivity contribution < 1.29 is 17.6 Å². The molecule has 2 atom stereocenters. The molecule has 0 aliphatic carbocycles. The number of hydrogen-bond donors (Lipinski definition) is 2. The van der Waals surface area contributed by atoms with E-state index in [0.717, 1.165) is 6.20 Å². The van der Waals surface area contributed by atoms with Crippen molar-refractivity contribution in [2.45, 2.75) is 56.7 Å². The number of alkyl halides is 2. The fourth-order valence-corrected chi connectivity index (χ4v) is 4.46. The summed E-state index contributed by atoms with van der Waals surface area (Å²) in [6.07, 6.45) is 1.85. The highest BCUT2D eigenvalue weighted by molar-refractivity contribution is 5.55. The maximum Gasteiger partial charge on any atom is 0.262 e. The molecule has 156 valence electrons. The summed E-state index contributed by atoms with van der Waals surface area (Å²) in [5.74, 6) is -3.82. The van der Waals surface area contributed by atoms with Crippen LogP contribution in [0.25, 0.3) is 0 Å². The zero-order valence-electron chi connectivity index (χ0n) is 16.2. The van der Waals surface area contributed by atoms with Crippen LogP contribution in [-0.2, 0) is 0 Å². The molecule has 2 saturated heterocycles. The topological polar surface area (TPSA) is 53.1 Å². The minimum atomic E-state index is -2.70. The Morgan fingerprint density at radius 2 is 1.86 bits per heavy atom. The first-order valence-electron chi connectivity index (χ1n) is 9.58. The van der Waals surface area contributed by atoms with Gasteiger partial charge in [0, 0.05) is 24.0 Å². The van der Waals surface area contributed by atoms with E-state index in [4.69, 9.17) is 0 Å². The number of halogens is 4. The van der Waals surface area contributed by atoms with Crippen molar-refractivity contribution in [3.63, 3.8) is 0 Å². The van der Waals surface area contributed by atoms with Crippen LogP contribution < -0.4 is 10.6 Å². The first-order chi connectivity index (χ1) is 13.6. The molecular weight excluding hydrogens is 386 g/mol. The van der Waals surface area contributed by atoms with Crippen molar-refractivity contribution >= 4 is 17.5 Å². The Morgan fingerprint density at radius 3 is 2.62 bits per heavy atom. The number of para-hydroxylation sites is 1. The first-order valence-corrected chi connectivity index (χ1v) is 9.58. The quantitative estimate of drug-likeness (QED) is 0.725. The molecule has 0 saturated carbocycles. The average molecular weight is 409 g/mol. The third-order valence-electron chi connectivity index (χ3n) is 5.66. The summed E-state index contributed by atoms with van der Waals surface area (Å²) < 4.78 is 56.0. The Labute approximate surface area is 166 Å². The van der Waals surface area contributed by atoms with Crippen molar-refractivity contribution in [1.29, 1.82) is 0 Å². The zero-order chi connectivity index (χ0) is 20.8. The standard InChI is InChI=1S/C20H23F4N5/c1-19(2)8-12(7-13-9-20(23,24)11-29(13)19)26-17-15(22)10-25-18(28-17)27-16-6-4-3-5-14(16)21/h3-6,10,12-13H,7-9,11H2,1-2H3,(H2,25,26,27,28). The monoisotopic (exact) mass is 409 g/mol. The summed E-state index contributed by atoms with van der Waals surface area (Å²) in [7, 11) is 0. The summed E-state index contributed by atoms with van der Waals surface area (Å²) in [5, 5.41) is 5.78. The lowest BCUT2D eigenvalue weighted by molar-refractivity contribution is -0.00687. The lowest BCUT2D eigenvalue weighted by Gasteiger charge is -2.47. The van der Waals surface area contributed by atoms with E-state index in [1.807, 2.05) is 18.7 Å². The van der Waals surface area contributed by atoms with Crippen LogP contribution in [0.4, 0.5) is 35.0 Å². The molecule has 2 unspecified atom stereocenters. The summed E-state index contributed by atoms with van der Waals surface area (Å²) in [5.41, 5.74) is -0.272. The Kier molecular flexibility index (Phi) is 4.88. The van der Waals surface area contributed by atoms with Crippen LogP contribution in [0.1, 0.15) is 33.1 Å². The van der Waals surface area contributed by atoms with Gasteiger partial charge < -0.3 is 10.6 Å². The fraction of sp³-hybridized carbons (Fsp3) is 0.500. The van der Waals surface area contributed by atoms with E-state index >= 15 is 0 Å². The van der Waals surface area contributed by atoms with Crippen LogP contribution in [0, 0.1) is 11.6 Å². The third-order valence-corrected chi connectivity index (χ3v) is 5.66. The lowest BCUT2D eigenvalue weighted by Crippen LogP contribution is -2.55. The normalized spacial score (nSPS) is 25.4. The van der Waals surface area contributed by atoms with E-state index in [1.165, 1.54) is 12.1 Å². The Bertz CT molecular complexity index is 904. The van der Waals surface area contributed by atoms with Crippen molar-refractivity contribution in [1.82, 2.24) is 14.9 Å². The summed E-state index contributed by atoms with van der Waals surface area (Å²) in [4.78, 5) is 9.84. The van der Waals surface area contributed by atoms with Gasteiger partial charge in [-0.3, -0.25) is 4.90 Å². The van der Waals surface area contributed by atoms with Gasteiger partial charge >= 0.3 is 0 Å². The Hall–Kier alpha value is -2.42. The lowest BCUT2D eigenvalue weighted by atomic mass is 9.84. The highest BCUT2D eigenvalue weighted by Gasteiger charge is 2.53. The molecule has 29 heavy (non-hydrogen) atoms. The van der Waals surface area contributed by atoms with Gasteiger partial charge in [-0.05, 0) is 38.8 Å². The molecule has 2 aliphatic heterocycles. The van der Waals surface area contributed by atoms with Crippen molar-refractivity contribution in [3.8, 4) is 0 Å². The van der Waals surface area contributed by atoms with Gasteiger partial charge in [0.25, 0.3) is 5.92 Å². The van der Waals surface area contributed by atoms with Gasteiger partial charge in [0.05, 0.1) is 18.4 Å². The molecule has 5 nitrogen and oxygen atoms in total. The number of fused-ring (bicyclic) bond motifs is 1. The van der Waals surface area contributed by atoms with E-state index < -0.39 is 23.1 Å². The van der Waals surface area contributed by atoms with Crippen LogP contribution in [0.3, 0.4) is 0 Å². The van der Waals surface area contributed by atoms with Gasteiger partial charge in [-0.2, -0.15) is 4.98 Å². The van der Waals surface area contributed by atoms with E-state index in [-0.39, 0.29) is 42.5 Å². The molecule has 2 N–H and O–H groups in total. The number of nitrogens with zero attached hydrogens (tertiary/aromatic N) is 3. The highest BCUT2D eigenvalue weighted by Crippen LogP contribution is 2.44. The fourth-order valence-electron chi connectivity index (χ4n) is 4.46. The third kappa shape index (κ3) is 4.14. The minimum absolute atomic E-state index is 0.0298. The highest BCUT2D eigenvalue weighted by atomic mass is 19.3. The molecule has 4 rings (SSSR count). The minimum Gasteiger partial charge on any atom is -0.365 e. The smallest absolute Gasteiger partial charge is 0.262 e. The molecule has 0 amide bonds. The average Bonchev–Trinajstić information content (AvgIpc) is 2.95. The first kappa shape index (κ1) is 19.9. The molecule has 1 aromatic heterocycles. The molecule has 0 radical (unpaired) electrons. The summed E-state index contributed by atoms with van der Waals surface area (Å²) in [6.45, 7) is 3.61. The van der Waals surface area contributed by atoms with Gasteiger partial charge in [0.15, 0.2) is 11.6 Å². The van der Waals surface area contributed by atoms with Crippen molar-refractivity contribution in [3.05, 3.63) is 42.1 Å². The SMILES string of the molecule is CC1(C)CC(Nc2nc(Nc3ccccc3F)ncc2F)CC2CC(F)(F)CN21. The van der Waals surface area contributed by atoms with Gasteiger partial charge in [-0.15, -0.1) is 0 Å². The van der Waals surface area contributed by atoms with Crippen LogP contribution >= 0.6 is 0 Å². The molecule has 9 heteroatoms. The molecule has 2 fully saturated rings. The number of rotatable bonds is 4. The second kappa shape index (κ2) is 7.12. The molecule has 3 heterocycles. The molecule has 1 aromatic carbocycles. The second-order valence-electron chi connectivity index (χ2n) is 8.43. The zero-order valence-corrected chi connectivity index (χ0v) is 16.2. The molecule has 2 aliphatic rings. The van der Waals surface area contributed by atoms with Crippen molar-refractivity contribution in [2.24, 2.45) is 0 Å². The predicted octanol–water partition coefficient (Wildman–Crippen LogP) is 4.56. The Balaban J connectivity index is 1.51. The number of anilines is 3. The molecular formula is C20H23F4N5. The van der Waals surface area contributed by atoms with Crippen LogP contribution in [-0.4, -0.2) is 45.0 Å². The van der Waals surface area contributed by atoms with Gasteiger partial charge in [-0.25, -0.2) is 22.5 Å². The number of nitrogens with one attached hydrogen (secondary N) is 2. The summed E-state index contributed by atoms with van der Waals surface area (Å²) in [6, 6.07) is 5.53. The van der Waals surface area contributed by atoms with Gasteiger partial charge in [0.1, 0.15) is 5.82 Å². The molecule has 0 bridgehead atoms. The molecule has 0 spiro atoms. The van der Waals surface area contributed by atoms with Crippen LogP contribution in [0.15, 0.2) is 30.5 Å². The number of hydrogen-bond acceptors (Lipinski definition) is 5. The summed E-state index contributed by atoms with van der Waals surface area (Å²) >= 11 is 0. The van der Waals surface area contributed by atoms with Gasteiger partial charge in [-0.1, -0.05) is 12.1 Å². The van der Waals surface area contributed by atoms with E-state index in [2.05, 4.69) is 20.6 Å². The largest absolute Gasteiger partial charge is 0.365 e. The molecule has 2 aromatic rings. The number of piperidine rings is 1. The van der Waals surface area contributed by atoms with Crippen molar-refractivity contribution in [2.75, 3.05) is 17.2 Å². The second-order valence-corrected chi connectivity index (χ2v) is 8.43. The van der Waals surface area contributed by atoms with E-state index in [1.54, 1.807) is 12.1 Å². The van der Waals surface area contributed by atoms with E-state index in [0.29, 0.717) is 12.8 Å². The van der Waals surface area contributed by atoms with Crippen LogP contribution in [0.2, 0.25) is 0 Å². The Morgan fingerprint density at radius 1 is 1.10 bits per heavy atom.